The summed E-state index contributed by atoms with van der Waals surface area (Å²) in [4.78, 5) is 16.9. The van der Waals surface area contributed by atoms with E-state index in [9.17, 15) is 18.0 Å². The van der Waals surface area contributed by atoms with Crippen LogP contribution in [0.3, 0.4) is 0 Å². The van der Waals surface area contributed by atoms with Gasteiger partial charge in [-0.25, -0.2) is 0 Å². The molecule has 2 aromatic rings. The van der Waals surface area contributed by atoms with Crippen molar-refractivity contribution in [1.29, 1.82) is 0 Å². The molecule has 2 aromatic carbocycles. The second-order valence-electron chi connectivity index (χ2n) is 6.22. The predicted octanol–water partition coefficient (Wildman–Crippen LogP) is 5.73. The first-order valence-electron chi connectivity index (χ1n) is 9.17. The van der Waals surface area contributed by atoms with Gasteiger partial charge in [-0.3, -0.25) is 4.79 Å². The van der Waals surface area contributed by atoms with E-state index in [2.05, 4.69) is 10.5 Å². The van der Waals surface area contributed by atoms with E-state index in [-0.39, 0.29) is 33.9 Å². The number of carbonyl (C=O) groups excluding carboxylic acids is 1. The van der Waals surface area contributed by atoms with Crippen molar-refractivity contribution in [3.63, 3.8) is 0 Å². The number of amides is 1. The zero-order valence-corrected chi connectivity index (χ0v) is 19.6. The topological polar surface area (TPSA) is 69.2 Å². The number of nitrogens with zero attached hydrogens (tertiary/aromatic N) is 1. The van der Waals surface area contributed by atoms with E-state index in [1.165, 1.54) is 26.3 Å². The van der Waals surface area contributed by atoms with Crippen LogP contribution in [0.25, 0.3) is 0 Å². The van der Waals surface area contributed by atoms with Gasteiger partial charge in [0.05, 0.1) is 10.0 Å². The Balaban J connectivity index is 2.18. The van der Waals surface area contributed by atoms with Gasteiger partial charge in [0, 0.05) is 24.7 Å². The average Bonchev–Trinajstić information content (AvgIpc) is 2.76. The Labute approximate surface area is 202 Å². The molecule has 0 aliphatic rings. The third-order valence-corrected chi connectivity index (χ3v) is 4.95. The lowest BCUT2D eigenvalue weighted by molar-refractivity contribution is -0.114. The minimum absolute atomic E-state index is 0.0205. The smallest absolute Gasteiger partial charge is 0.426 e. The number of hydrogen-bond donors (Lipinski definition) is 1. The summed E-state index contributed by atoms with van der Waals surface area (Å²) in [6, 6.07) is 9.69. The average molecular weight is 526 g/mol. The van der Waals surface area contributed by atoms with Crippen molar-refractivity contribution in [3.05, 3.63) is 68.7 Å². The van der Waals surface area contributed by atoms with Crippen molar-refractivity contribution >= 4 is 46.4 Å². The highest BCUT2D eigenvalue weighted by molar-refractivity contribution is 6.45. The Morgan fingerprint density at radius 3 is 2.36 bits per heavy atom. The summed E-state index contributed by atoms with van der Waals surface area (Å²) in [7, 11) is 2.79. The molecule has 0 fully saturated rings. The van der Waals surface area contributed by atoms with Crippen molar-refractivity contribution in [3.8, 4) is 11.5 Å². The molecule has 1 N–H and O–H groups in total. The van der Waals surface area contributed by atoms with E-state index in [0.717, 1.165) is 0 Å². The minimum Gasteiger partial charge on any atom is -0.489 e. The molecule has 33 heavy (non-hydrogen) atoms. The monoisotopic (exact) mass is 524 g/mol. The number of ether oxygens (including phenoxy) is 2. The fourth-order valence-corrected chi connectivity index (χ4v) is 3.17. The molecule has 2 rings (SSSR count). The number of oxime groups is 1. The van der Waals surface area contributed by atoms with Crippen molar-refractivity contribution in [2.45, 2.75) is 12.8 Å². The van der Waals surface area contributed by atoms with Crippen molar-refractivity contribution in [1.82, 2.24) is 5.32 Å². The van der Waals surface area contributed by atoms with E-state index in [4.69, 9.17) is 49.1 Å². The summed E-state index contributed by atoms with van der Waals surface area (Å²) in [6.07, 6.45) is -4.01. The lowest BCUT2D eigenvalue weighted by Gasteiger charge is -2.14. The van der Waals surface area contributed by atoms with Crippen LogP contribution >= 0.6 is 34.8 Å². The number of allylic oxidation sites excluding steroid dienone is 1. The molecule has 0 radical (unpaired) electrons. The number of likely N-dealkylation sites (N-methyl/N-ethyl adjacent to an activating group) is 1. The summed E-state index contributed by atoms with van der Waals surface area (Å²) in [5.74, 6) is -0.208. The maximum absolute atomic E-state index is 12.4. The van der Waals surface area contributed by atoms with Crippen LogP contribution in [-0.2, 0) is 16.2 Å². The highest BCUT2D eigenvalue weighted by Gasteiger charge is 2.32. The van der Waals surface area contributed by atoms with E-state index in [1.807, 2.05) is 0 Å². The van der Waals surface area contributed by atoms with E-state index >= 15 is 0 Å². The molecule has 0 aliphatic carbocycles. The zero-order chi connectivity index (χ0) is 24.6. The van der Waals surface area contributed by atoms with E-state index in [1.54, 1.807) is 24.3 Å². The Bertz CT molecular complexity index is 1040. The molecule has 0 aliphatic heterocycles. The summed E-state index contributed by atoms with van der Waals surface area (Å²) in [5.41, 5.74) is 1.17. The Kier molecular flexibility index (Phi) is 9.70. The fourth-order valence-electron chi connectivity index (χ4n) is 2.53. The van der Waals surface area contributed by atoms with Gasteiger partial charge in [0.25, 0.3) is 5.91 Å². The molecule has 0 atom stereocenters. The largest absolute Gasteiger partial charge is 0.489 e. The van der Waals surface area contributed by atoms with Gasteiger partial charge in [-0.05, 0) is 11.6 Å². The number of hydrogen-bond acceptors (Lipinski definition) is 5. The number of alkyl halides is 3. The summed E-state index contributed by atoms with van der Waals surface area (Å²) < 4.78 is 48.3. The van der Waals surface area contributed by atoms with Crippen LogP contribution < -0.4 is 14.8 Å². The van der Waals surface area contributed by atoms with Crippen LogP contribution in [0, 0.1) is 0 Å². The molecule has 12 heteroatoms. The third-order valence-electron chi connectivity index (χ3n) is 4.02. The van der Waals surface area contributed by atoms with Gasteiger partial charge >= 0.3 is 6.18 Å². The summed E-state index contributed by atoms with van der Waals surface area (Å²) in [5, 5.41) is 5.00. The van der Waals surface area contributed by atoms with Gasteiger partial charge in [-0.2, -0.15) is 13.2 Å². The van der Waals surface area contributed by atoms with Gasteiger partial charge in [0.1, 0.15) is 31.1 Å². The van der Waals surface area contributed by atoms with Crippen molar-refractivity contribution in [2.75, 3.05) is 20.8 Å². The third kappa shape index (κ3) is 7.45. The highest BCUT2D eigenvalue weighted by atomic mass is 35.5. The minimum atomic E-state index is -4.67. The predicted molar refractivity (Wildman–Crippen MR) is 120 cm³/mol. The lowest BCUT2D eigenvalue weighted by Crippen LogP contribution is -2.29. The number of halogens is 6. The van der Waals surface area contributed by atoms with Crippen LogP contribution in [0.2, 0.25) is 10.0 Å². The quantitative estimate of drug-likeness (QED) is 0.335. The first kappa shape index (κ1) is 26.6. The van der Waals surface area contributed by atoms with Crippen LogP contribution in [-0.4, -0.2) is 38.6 Å². The first-order chi connectivity index (χ1) is 15.6. The SMILES string of the molecule is CNC(=O)/C(=N/OC)c1ccccc1COc1cc(Cl)c(OCC=C(Cl)C(F)(F)F)c(Cl)c1. The molecule has 0 spiro atoms. The maximum Gasteiger partial charge on any atom is 0.426 e. The first-order valence-corrected chi connectivity index (χ1v) is 10.3. The molecule has 0 bridgehead atoms. The molecule has 0 saturated heterocycles. The molecule has 0 heterocycles. The Hall–Kier alpha value is -2.62. The van der Waals surface area contributed by atoms with Gasteiger partial charge in [-0.15, -0.1) is 0 Å². The molecular formula is C21H18Cl3F3N2O4. The number of nitrogens with one attached hydrogen (secondary N) is 1. The molecule has 6 nitrogen and oxygen atoms in total. The van der Waals surface area contributed by atoms with Gasteiger partial charge in [0.15, 0.2) is 11.5 Å². The highest BCUT2D eigenvalue weighted by Crippen LogP contribution is 2.37. The van der Waals surface area contributed by atoms with Crippen LogP contribution in [0.4, 0.5) is 13.2 Å². The zero-order valence-electron chi connectivity index (χ0n) is 17.3. The normalized spacial score (nSPS) is 12.4. The van der Waals surface area contributed by atoms with Gasteiger partial charge in [-0.1, -0.05) is 64.2 Å². The number of rotatable bonds is 9. The molecule has 1 amide bonds. The molecular weight excluding hydrogens is 508 g/mol. The number of carbonyl (C=O) groups is 1. The Morgan fingerprint density at radius 1 is 1.15 bits per heavy atom. The standard InChI is InChI=1S/C21H18Cl3F3N2O4/c1-28-20(30)18(29-31-2)14-6-4-3-5-12(14)11-33-13-9-15(22)19(16(23)10-13)32-8-7-17(24)21(25,26)27/h3-7,9-10H,8,11H2,1-2H3,(H,28,30)/b17-7?,29-18+. The second-order valence-corrected chi connectivity index (χ2v) is 7.45. The van der Waals surface area contributed by atoms with Crippen molar-refractivity contribution in [2.24, 2.45) is 5.16 Å². The number of benzene rings is 2. The van der Waals surface area contributed by atoms with Crippen LogP contribution in [0.15, 0.2) is 52.7 Å². The summed E-state index contributed by atoms with van der Waals surface area (Å²) in [6.45, 7) is -0.473. The second kappa shape index (κ2) is 12.0. The molecule has 178 valence electrons. The summed E-state index contributed by atoms with van der Waals surface area (Å²) >= 11 is 17.4. The van der Waals surface area contributed by atoms with Gasteiger partial charge < -0.3 is 19.6 Å². The maximum atomic E-state index is 12.4. The van der Waals surface area contributed by atoms with Gasteiger partial charge in [0.2, 0.25) is 0 Å². The van der Waals surface area contributed by atoms with Crippen LogP contribution in [0.5, 0.6) is 11.5 Å². The molecule has 0 aromatic heterocycles. The lowest BCUT2D eigenvalue weighted by atomic mass is 10.0. The fraction of sp³-hybridized carbons (Fsp3) is 0.238. The van der Waals surface area contributed by atoms with E-state index in [0.29, 0.717) is 17.2 Å². The van der Waals surface area contributed by atoms with Crippen LogP contribution in [0.1, 0.15) is 11.1 Å². The molecule has 0 unspecified atom stereocenters. The van der Waals surface area contributed by atoms with E-state index < -0.39 is 23.7 Å². The Morgan fingerprint density at radius 2 is 1.79 bits per heavy atom. The van der Waals surface area contributed by atoms with Crippen molar-refractivity contribution < 1.29 is 32.3 Å². The molecule has 0 saturated carbocycles.